The normalized spacial score (nSPS) is 11.2. The van der Waals surface area contributed by atoms with Crippen LogP contribution in [-0.2, 0) is 7.05 Å². The van der Waals surface area contributed by atoms with Crippen molar-refractivity contribution in [3.63, 3.8) is 0 Å². The predicted octanol–water partition coefficient (Wildman–Crippen LogP) is 7.47. The molecule has 0 atom stereocenters. The van der Waals surface area contributed by atoms with Gasteiger partial charge in [0.25, 0.3) is 5.82 Å². The van der Waals surface area contributed by atoms with Crippen molar-refractivity contribution in [1.29, 1.82) is 0 Å². The number of aryl methyl sites for hydroxylation is 3. The van der Waals surface area contributed by atoms with Crippen molar-refractivity contribution in [1.82, 2.24) is 9.55 Å². The number of imidazole rings is 1. The van der Waals surface area contributed by atoms with Gasteiger partial charge in [-0.05, 0) is 42.7 Å². The first-order valence-electron chi connectivity index (χ1n) is 12.3. The zero-order valence-corrected chi connectivity index (χ0v) is 20.8. The SMILES string of the molecule is Cc1ccncc1-c1n(-c2c(-c3ccccc3)cccc2-c2ccccc2)c2cccc(C)c2[n+]1C. The Hall–Kier alpha value is -4.50. The van der Waals surface area contributed by atoms with E-state index in [0.29, 0.717) is 0 Å². The van der Waals surface area contributed by atoms with Crippen LogP contribution in [0, 0.1) is 13.8 Å². The van der Waals surface area contributed by atoms with Crippen molar-refractivity contribution in [3.05, 3.63) is 127 Å². The fourth-order valence-corrected chi connectivity index (χ4v) is 5.34. The first-order chi connectivity index (χ1) is 17.6. The second kappa shape index (κ2) is 8.94. The standard InChI is InChI=1S/C33H28N3/c1-23-20-21-34-22-29(23)33-35(3)31-24(2)12-10-19-30(31)36(33)32-27(25-13-6-4-7-14-25)17-11-18-28(32)26-15-8-5-9-16-26/h4-22H,1-3H3/q+1. The van der Waals surface area contributed by atoms with Crippen molar-refractivity contribution in [2.24, 2.45) is 7.05 Å². The van der Waals surface area contributed by atoms with Gasteiger partial charge in [-0.25, -0.2) is 4.57 Å². The number of aromatic nitrogens is 3. The van der Waals surface area contributed by atoms with Crippen LogP contribution in [0.25, 0.3) is 50.4 Å². The van der Waals surface area contributed by atoms with Crippen LogP contribution in [0.1, 0.15) is 11.1 Å². The van der Waals surface area contributed by atoms with Gasteiger partial charge in [0.05, 0.1) is 12.6 Å². The summed E-state index contributed by atoms with van der Waals surface area (Å²) in [4.78, 5) is 4.52. The summed E-state index contributed by atoms with van der Waals surface area (Å²) >= 11 is 0. The average Bonchev–Trinajstić information content (AvgIpc) is 3.22. The van der Waals surface area contributed by atoms with E-state index in [0.717, 1.165) is 11.4 Å². The number of benzene rings is 4. The maximum Gasteiger partial charge on any atom is 0.296 e. The summed E-state index contributed by atoms with van der Waals surface area (Å²) in [5.74, 6) is 1.12. The van der Waals surface area contributed by atoms with Crippen molar-refractivity contribution >= 4 is 11.0 Å². The van der Waals surface area contributed by atoms with Crippen molar-refractivity contribution < 1.29 is 4.57 Å². The Kier molecular flexibility index (Phi) is 5.46. The first-order valence-corrected chi connectivity index (χ1v) is 12.3. The molecule has 0 amide bonds. The van der Waals surface area contributed by atoms with Crippen LogP contribution in [-0.4, -0.2) is 9.55 Å². The zero-order chi connectivity index (χ0) is 24.6. The Morgan fingerprint density at radius 3 is 1.83 bits per heavy atom. The molecule has 2 heterocycles. The maximum absolute atomic E-state index is 4.52. The van der Waals surface area contributed by atoms with Gasteiger partial charge in [0, 0.05) is 29.1 Å². The van der Waals surface area contributed by atoms with Crippen LogP contribution in [0.4, 0.5) is 0 Å². The second-order valence-electron chi connectivity index (χ2n) is 9.29. The van der Waals surface area contributed by atoms with Gasteiger partial charge in [0.1, 0.15) is 5.69 Å². The molecule has 0 unspecified atom stereocenters. The highest BCUT2D eigenvalue weighted by atomic mass is 15.2. The minimum absolute atomic E-state index is 1.12. The summed E-state index contributed by atoms with van der Waals surface area (Å²) in [5.41, 5.74) is 11.9. The van der Waals surface area contributed by atoms with Crippen LogP contribution in [0.2, 0.25) is 0 Å². The molecular weight excluding hydrogens is 438 g/mol. The Bertz CT molecular complexity index is 1640. The third-order valence-electron chi connectivity index (χ3n) is 7.03. The molecule has 2 aromatic heterocycles. The lowest BCUT2D eigenvalue weighted by molar-refractivity contribution is -0.634. The molecule has 0 spiro atoms. The van der Waals surface area contributed by atoms with Gasteiger partial charge in [-0.2, -0.15) is 4.57 Å². The molecule has 0 aliphatic heterocycles. The molecule has 174 valence electrons. The summed E-state index contributed by atoms with van der Waals surface area (Å²) in [6.07, 6.45) is 3.85. The molecule has 3 heteroatoms. The molecule has 36 heavy (non-hydrogen) atoms. The van der Waals surface area contributed by atoms with Gasteiger partial charge in [0.15, 0.2) is 11.0 Å². The number of fused-ring (bicyclic) bond motifs is 1. The largest absolute Gasteiger partial charge is 0.296 e. The summed E-state index contributed by atoms with van der Waals surface area (Å²) in [6.45, 7) is 4.35. The fraction of sp³-hybridized carbons (Fsp3) is 0.0909. The van der Waals surface area contributed by atoms with Crippen LogP contribution >= 0.6 is 0 Å². The molecule has 0 fully saturated rings. The van der Waals surface area contributed by atoms with Crippen LogP contribution in [0.5, 0.6) is 0 Å². The van der Waals surface area contributed by atoms with E-state index in [4.69, 9.17) is 0 Å². The average molecular weight is 467 g/mol. The predicted molar refractivity (Wildman–Crippen MR) is 148 cm³/mol. The summed E-state index contributed by atoms with van der Waals surface area (Å²) in [7, 11) is 2.17. The maximum atomic E-state index is 4.52. The smallest absolute Gasteiger partial charge is 0.264 e. The van der Waals surface area contributed by atoms with Crippen molar-refractivity contribution in [2.75, 3.05) is 0 Å². The molecule has 6 rings (SSSR count). The van der Waals surface area contributed by atoms with Crippen molar-refractivity contribution in [3.8, 4) is 39.3 Å². The van der Waals surface area contributed by atoms with E-state index in [1.54, 1.807) is 0 Å². The third-order valence-corrected chi connectivity index (χ3v) is 7.03. The monoisotopic (exact) mass is 466 g/mol. The van der Waals surface area contributed by atoms with Crippen LogP contribution < -0.4 is 4.57 Å². The van der Waals surface area contributed by atoms with E-state index in [1.807, 2.05) is 12.4 Å². The number of rotatable bonds is 4. The molecule has 3 nitrogen and oxygen atoms in total. The van der Waals surface area contributed by atoms with E-state index < -0.39 is 0 Å². The Balaban J connectivity index is 1.83. The molecule has 4 aromatic carbocycles. The van der Waals surface area contributed by atoms with Crippen LogP contribution in [0.15, 0.2) is 116 Å². The minimum atomic E-state index is 1.12. The number of hydrogen-bond acceptors (Lipinski definition) is 1. The number of nitrogens with zero attached hydrogens (tertiary/aromatic N) is 3. The Morgan fingerprint density at radius 2 is 1.22 bits per heavy atom. The number of pyridine rings is 1. The lowest BCUT2D eigenvalue weighted by Gasteiger charge is -2.15. The molecule has 0 aliphatic rings. The summed E-state index contributed by atoms with van der Waals surface area (Å²) in [5, 5.41) is 0. The Morgan fingerprint density at radius 1 is 0.611 bits per heavy atom. The highest BCUT2D eigenvalue weighted by molar-refractivity contribution is 5.91. The van der Waals surface area contributed by atoms with E-state index in [9.17, 15) is 0 Å². The first kappa shape index (κ1) is 22.0. The van der Waals surface area contributed by atoms with Crippen LogP contribution in [0.3, 0.4) is 0 Å². The van der Waals surface area contributed by atoms with Gasteiger partial charge in [-0.15, -0.1) is 0 Å². The quantitative estimate of drug-likeness (QED) is 0.247. The van der Waals surface area contributed by atoms with E-state index in [2.05, 4.69) is 138 Å². The third kappa shape index (κ3) is 3.52. The number of para-hydroxylation sites is 2. The highest BCUT2D eigenvalue weighted by Crippen LogP contribution is 2.40. The van der Waals surface area contributed by atoms with Gasteiger partial charge >= 0.3 is 0 Å². The van der Waals surface area contributed by atoms with Crippen molar-refractivity contribution in [2.45, 2.75) is 13.8 Å². The zero-order valence-electron chi connectivity index (χ0n) is 20.8. The molecule has 0 bridgehead atoms. The second-order valence-corrected chi connectivity index (χ2v) is 9.29. The molecule has 0 saturated carbocycles. The van der Waals surface area contributed by atoms with Gasteiger partial charge < -0.3 is 0 Å². The minimum Gasteiger partial charge on any atom is -0.264 e. The lowest BCUT2D eigenvalue weighted by atomic mass is 9.95. The molecule has 0 N–H and O–H groups in total. The summed E-state index contributed by atoms with van der Waals surface area (Å²) in [6, 6.07) is 36.7. The van der Waals surface area contributed by atoms with E-state index in [-0.39, 0.29) is 0 Å². The van der Waals surface area contributed by atoms with Gasteiger partial charge in [0.2, 0.25) is 0 Å². The molecule has 0 radical (unpaired) electrons. The van der Waals surface area contributed by atoms with E-state index in [1.165, 1.54) is 50.1 Å². The lowest BCUT2D eigenvalue weighted by Crippen LogP contribution is -2.31. The summed E-state index contributed by atoms with van der Waals surface area (Å²) < 4.78 is 4.77. The molecule has 6 aromatic rings. The van der Waals surface area contributed by atoms with Gasteiger partial charge in [-0.3, -0.25) is 4.98 Å². The molecule has 0 saturated heterocycles. The Labute approximate surface area is 212 Å². The number of hydrogen-bond donors (Lipinski definition) is 0. The molecule has 0 aliphatic carbocycles. The topological polar surface area (TPSA) is 21.7 Å². The van der Waals surface area contributed by atoms with Gasteiger partial charge in [-0.1, -0.05) is 91.0 Å². The van der Waals surface area contributed by atoms with E-state index >= 15 is 0 Å². The highest BCUT2D eigenvalue weighted by Gasteiger charge is 2.31. The fourth-order valence-electron chi connectivity index (χ4n) is 5.34. The molecular formula is C33H28N3+.